The SMILES string of the molecule is Cc1ccnc(NCC2CCCC2CO)c1N. The average Bonchev–Trinajstić information content (AvgIpc) is 2.78. The van der Waals surface area contributed by atoms with Crippen LogP contribution in [0, 0.1) is 18.8 Å². The van der Waals surface area contributed by atoms with E-state index in [1.54, 1.807) is 6.20 Å². The highest BCUT2D eigenvalue weighted by Gasteiger charge is 2.26. The van der Waals surface area contributed by atoms with Crippen molar-refractivity contribution >= 4 is 11.5 Å². The molecule has 2 unspecified atom stereocenters. The van der Waals surface area contributed by atoms with Gasteiger partial charge in [-0.3, -0.25) is 0 Å². The lowest BCUT2D eigenvalue weighted by atomic mass is 9.97. The third-order valence-corrected chi connectivity index (χ3v) is 3.79. The van der Waals surface area contributed by atoms with Crippen LogP contribution in [-0.4, -0.2) is 23.2 Å². The van der Waals surface area contributed by atoms with Gasteiger partial charge in [-0.2, -0.15) is 0 Å². The summed E-state index contributed by atoms with van der Waals surface area (Å²) in [5.41, 5.74) is 7.74. The quantitative estimate of drug-likeness (QED) is 0.744. The summed E-state index contributed by atoms with van der Waals surface area (Å²) in [5.74, 6) is 1.75. The molecule has 0 amide bonds. The number of nitrogens with two attached hydrogens (primary N) is 1. The first-order chi connectivity index (χ1) is 8.22. The number of pyridine rings is 1. The Balaban J connectivity index is 1.95. The standard InChI is InChI=1S/C13H21N3O/c1-9-5-6-15-13(12(9)14)16-7-10-3-2-4-11(10)8-17/h5-6,10-11,17H,2-4,7-8,14H2,1H3,(H,15,16). The molecule has 4 heteroatoms. The number of aliphatic hydroxyl groups is 1. The zero-order valence-electron chi connectivity index (χ0n) is 10.3. The molecule has 0 spiro atoms. The van der Waals surface area contributed by atoms with E-state index in [9.17, 15) is 5.11 Å². The monoisotopic (exact) mass is 235 g/mol. The van der Waals surface area contributed by atoms with Gasteiger partial charge in [0.05, 0.1) is 5.69 Å². The molecule has 4 N–H and O–H groups in total. The molecular weight excluding hydrogens is 214 g/mol. The van der Waals surface area contributed by atoms with Crippen molar-refractivity contribution in [1.29, 1.82) is 0 Å². The number of anilines is 2. The molecule has 1 aromatic heterocycles. The largest absolute Gasteiger partial charge is 0.396 e. The Morgan fingerprint density at radius 2 is 2.24 bits per heavy atom. The van der Waals surface area contributed by atoms with Gasteiger partial charge in [-0.05, 0) is 43.2 Å². The number of nitrogens with one attached hydrogen (secondary N) is 1. The first-order valence-corrected chi connectivity index (χ1v) is 6.28. The van der Waals surface area contributed by atoms with E-state index in [0.29, 0.717) is 18.4 Å². The molecule has 2 atom stereocenters. The molecule has 1 heterocycles. The second-order valence-corrected chi connectivity index (χ2v) is 4.90. The maximum atomic E-state index is 9.26. The summed E-state index contributed by atoms with van der Waals surface area (Å²) < 4.78 is 0. The number of nitrogen functional groups attached to an aromatic ring is 1. The van der Waals surface area contributed by atoms with Crippen LogP contribution in [0.1, 0.15) is 24.8 Å². The highest BCUT2D eigenvalue weighted by molar-refractivity contribution is 5.64. The number of aliphatic hydroxyl groups excluding tert-OH is 1. The normalized spacial score (nSPS) is 23.9. The van der Waals surface area contributed by atoms with Crippen molar-refractivity contribution in [2.45, 2.75) is 26.2 Å². The van der Waals surface area contributed by atoms with Gasteiger partial charge < -0.3 is 16.2 Å². The van der Waals surface area contributed by atoms with Crippen molar-refractivity contribution < 1.29 is 5.11 Å². The number of aromatic nitrogens is 1. The molecule has 0 radical (unpaired) electrons. The fourth-order valence-electron chi connectivity index (χ4n) is 2.56. The van der Waals surface area contributed by atoms with E-state index in [4.69, 9.17) is 5.73 Å². The van der Waals surface area contributed by atoms with Gasteiger partial charge in [0.2, 0.25) is 0 Å². The van der Waals surface area contributed by atoms with Crippen LogP contribution in [0.3, 0.4) is 0 Å². The fraction of sp³-hybridized carbons (Fsp3) is 0.615. The van der Waals surface area contributed by atoms with Gasteiger partial charge in [0.25, 0.3) is 0 Å². The lowest BCUT2D eigenvalue weighted by Gasteiger charge is -2.19. The first kappa shape index (κ1) is 12.2. The highest BCUT2D eigenvalue weighted by atomic mass is 16.3. The molecule has 94 valence electrons. The molecule has 1 aliphatic rings. The molecule has 1 aromatic rings. The lowest BCUT2D eigenvalue weighted by Crippen LogP contribution is -2.21. The van der Waals surface area contributed by atoms with Crippen LogP contribution in [0.2, 0.25) is 0 Å². The van der Waals surface area contributed by atoms with Gasteiger partial charge in [0, 0.05) is 19.3 Å². The molecule has 0 saturated heterocycles. The van der Waals surface area contributed by atoms with Crippen LogP contribution in [0.25, 0.3) is 0 Å². The maximum Gasteiger partial charge on any atom is 0.149 e. The number of hydrogen-bond acceptors (Lipinski definition) is 4. The van der Waals surface area contributed by atoms with Crippen LogP contribution in [-0.2, 0) is 0 Å². The van der Waals surface area contributed by atoms with Crippen molar-refractivity contribution in [3.63, 3.8) is 0 Å². The number of hydrogen-bond donors (Lipinski definition) is 3. The lowest BCUT2D eigenvalue weighted by molar-refractivity contribution is 0.199. The Morgan fingerprint density at radius 1 is 1.47 bits per heavy atom. The van der Waals surface area contributed by atoms with Crippen LogP contribution >= 0.6 is 0 Å². The summed E-state index contributed by atoms with van der Waals surface area (Å²) in [6.45, 7) is 3.13. The van der Waals surface area contributed by atoms with Crippen molar-refractivity contribution in [2.75, 3.05) is 24.2 Å². The van der Waals surface area contributed by atoms with Gasteiger partial charge in [-0.15, -0.1) is 0 Å². The van der Waals surface area contributed by atoms with Crippen molar-refractivity contribution in [3.05, 3.63) is 17.8 Å². The van der Waals surface area contributed by atoms with Crippen molar-refractivity contribution in [1.82, 2.24) is 4.98 Å². The summed E-state index contributed by atoms with van der Waals surface area (Å²) in [4.78, 5) is 4.25. The van der Waals surface area contributed by atoms with Gasteiger partial charge in [0.15, 0.2) is 0 Å². The number of aryl methyl sites for hydroxylation is 1. The van der Waals surface area contributed by atoms with E-state index in [0.717, 1.165) is 30.0 Å². The molecule has 0 bridgehead atoms. The fourth-order valence-corrected chi connectivity index (χ4v) is 2.56. The minimum atomic E-state index is 0.295. The third kappa shape index (κ3) is 2.69. The van der Waals surface area contributed by atoms with Crippen LogP contribution < -0.4 is 11.1 Å². The van der Waals surface area contributed by atoms with Gasteiger partial charge in [-0.1, -0.05) is 6.42 Å². The highest BCUT2D eigenvalue weighted by Crippen LogP contribution is 2.31. The summed E-state index contributed by atoms with van der Waals surface area (Å²) in [7, 11) is 0. The summed E-state index contributed by atoms with van der Waals surface area (Å²) in [6, 6.07) is 1.91. The Morgan fingerprint density at radius 3 is 3.00 bits per heavy atom. The topological polar surface area (TPSA) is 71.2 Å². The minimum Gasteiger partial charge on any atom is -0.396 e. The minimum absolute atomic E-state index is 0.295. The van der Waals surface area contributed by atoms with Crippen LogP contribution in [0.15, 0.2) is 12.3 Å². The van der Waals surface area contributed by atoms with E-state index in [2.05, 4.69) is 10.3 Å². The molecular formula is C13H21N3O. The molecule has 0 aromatic carbocycles. The average molecular weight is 235 g/mol. The zero-order valence-corrected chi connectivity index (χ0v) is 10.3. The number of nitrogens with zero attached hydrogens (tertiary/aromatic N) is 1. The van der Waals surface area contributed by atoms with Crippen LogP contribution in [0.5, 0.6) is 0 Å². The van der Waals surface area contributed by atoms with Crippen LogP contribution in [0.4, 0.5) is 11.5 Å². The summed E-state index contributed by atoms with van der Waals surface area (Å²) >= 11 is 0. The Labute approximate surface area is 102 Å². The molecule has 2 rings (SSSR count). The first-order valence-electron chi connectivity index (χ1n) is 6.28. The van der Waals surface area contributed by atoms with E-state index < -0.39 is 0 Å². The summed E-state index contributed by atoms with van der Waals surface area (Å²) in [5, 5.41) is 12.6. The van der Waals surface area contributed by atoms with E-state index >= 15 is 0 Å². The predicted molar refractivity (Wildman–Crippen MR) is 69.8 cm³/mol. The molecule has 1 saturated carbocycles. The summed E-state index contributed by atoms with van der Waals surface area (Å²) in [6.07, 6.45) is 5.31. The second kappa shape index (κ2) is 5.36. The van der Waals surface area contributed by atoms with Crippen molar-refractivity contribution in [3.8, 4) is 0 Å². The maximum absolute atomic E-state index is 9.26. The predicted octanol–water partition coefficient (Wildman–Crippen LogP) is 1.79. The van der Waals surface area contributed by atoms with E-state index in [-0.39, 0.29) is 0 Å². The molecule has 1 aliphatic carbocycles. The Hall–Kier alpha value is -1.29. The van der Waals surface area contributed by atoms with Gasteiger partial charge in [-0.25, -0.2) is 4.98 Å². The second-order valence-electron chi connectivity index (χ2n) is 4.90. The van der Waals surface area contributed by atoms with Gasteiger partial charge in [0.1, 0.15) is 5.82 Å². The van der Waals surface area contributed by atoms with Gasteiger partial charge >= 0.3 is 0 Å². The molecule has 4 nitrogen and oxygen atoms in total. The zero-order chi connectivity index (χ0) is 12.3. The van der Waals surface area contributed by atoms with E-state index in [1.165, 1.54) is 12.8 Å². The molecule has 0 aliphatic heterocycles. The van der Waals surface area contributed by atoms with Crippen molar-refractivity contribution in [2.24, 2.45) is 11.8 Å². The third-order valence-electron chi connectivity index (χ3n) is 3.79. The Kier molecular flexibility index (Phi) is 3.84. The molecule has 17 heavy (non-hydrogen) atoms. The van der Waals surface area contributed by atoms with E-state index in [1.807, 2.05) is 13.0 Å². The smallest absolute Gasteiger partial charge is 0.149 e. The number of rotatable bonds is 4. The Bertz CT molecular complexity index is 381. The molecule has 1 fully saturated rings.